The number of methoxy groups -OCH3 is 2. The molecule has 23 heavy (non-hydrogen) atoms. The van der Waals surface area contributed by atoms with Crippen LogP contribution in [0.5, 0.6) is 5.75 Å². The molecule has 0 saturated heterocycles. The molecule has 0 aliphatic carbocycles. The fourth-order valence-corrected chi connectivity index (χ4v) is 2.20. The summed E-state index contributed by atoms with van der Waals surface area (Å²) in [4.78, 5) is 4.55. The summed E-state index contributed by atoms with van der Waals surface area (Å²) in [6.45, 7) is 7.52. The zero-order chi connectivity index (χ0) is 16.7. The van der Waals surface area contributed by atoms with Crippen LogP contribution in [0.2, 0.25) is 0 Å². The molecule has 0 spiro atoms. The predicted molar refractivity (Wildman–Crippen MR) is 89.1 cm³/mol. The Bertz CT molecular complexity index is 610. The van der Waals surface area contributed by atoms with Crippen molar-refractivity contribution in [2.75, 3.05) is 40.6 Å². The SMILES string of the molecule is COCCOCCNCc1cc(OC)c2oc(C(C)C)nc2c1. The largest absolute Gasteiger partial charge is 0.493 e. The van der Waals surface area contributed by atoms with Gasteiger partial charge in [-0.05, 0) is 17.7 Å². The Labute approximate surface area is 137 Å². The first-order chi connectivity index (χ1) is 11.2. The first-order valence-electron chi connectivity index (χ1n) is 7.90. The Kier molecular flexibility index (Phi) is 6.83. The van der Waals surface area contributed by atoms with E-state index >= 15 is 0 Å². The molecule has 6 heteroatoms. The Morgan fingerprint density at radius 2 is 2.00 bits per heavy atom. The molecule has 6 nitrogen and oxygen atoms in total. The third kappa shape index (κ3) is 4.92. The third-order valence-corrected chi connectivity index (χ3v) is 3.43. The number of hydrogen-bond donors (Lipinski definition) is 1. The van der Waals surface area contributed by atoms with Crippen molar-refractivity contribution in [3.05, 3.63) is 23.6 Å². The summed E-state index contributed by atoms with van der Waals surface area (Å²) >= 11 is 0. The number of aromatic nitrogens is 1. The minimum atomic E-state index is 0.248. The maximum absolute atomic E-state index is 5.80. The quantitative estimate of drug-likeness (QED) is 0.679. The standard InChI is InChI=1S/C17H26N2O4/c1-12(2)17-19-14-9-13(10-15(21-4)16(14)23-17)11-18-5-6-22-8-7-20-3/h9-10,12,18H,5-8,11H2,1-4H3. The molecule has 1 heterocycles. The molecule has 1 aromatic carbocycles. The van der Waals surface area contributed by atoms with Crippen LogP contribution in [0.3, 0.4) is 0 Å². The number of fused-ring (bicyclic) bond motifs is 1. The van der Waals surface area contributed by atoms with E-state index in [1.54, 1.807) is 14.2 Å². The Balaban J connectivity index is 1.95. The smallest absolute Gasteiger partial charge is 0.198 e. The van der Waals surface area contributed by atoms with E-state index < -0.39 is 0 Å². The average molecular weight is 322 g/mol. The molecule has 2 rings (SSSR count). The van der Waals surface area contributed by atoms with Crippen LogP contribution < -0.4 is 10.1 Å². The predicted octanol–water partition coefficient (Wildman–Crippen LogP) is 2.71. The molecule has 0 bridgehead atoms. The minimum absolute atomic E-state index is 0.248. The van der Waals surface area contributed by atoms with Gasteiger partial charge in [-0.25, -0.2) is 4.98 Å². The molecule has 0 aliphatic heterocycles. The van der Waals surface area contributed by atoms with Gasteiger partial charge in [-0.3, -0.25) is 0 Å². The van der Waals surface area contributed by atoms with Crippen LogP contribution in [-0.2, 0) is 16.0 Å². The first kappa shape index (κ1) is 17.7. The number of rotatable bonds is 10. The van der Waals surface area contributed by atoms with Gasteiger partial charge in [0.25, 0.3) is 0 Å². The first-order valence-corrected chi connectivity index (χ1v) is 7.90. The molecule has 0 saturated carbocycles. The van der Waals surface area contributed by atoms with Crippen molar-refractivity contribution in [2.24, 2.45) is 0 Å². The second-order valence-electron chi connectivity index (χ2n) is 5.64. The van der Waals surface area contributed by atoms with Crippen LogP contribution in [0.4, 0.5) is 0 Å². The molecule has 0 unspecified atom stereocenters. The van der Waals surface area contributed by atoms with Gasteiger partial charge in [0.1, 0.15) is 5.52 Å². The van der Waals surface area contributed by atoms with E-state index in [-0.39, 0.29) is 5.92 Å². The second-order valence-corrected chi connectivity index (χ2v) is 5.64. The van der Waals surface area contributed by atoms with E-state index in [1.165, 1.54) is 0 Å². The monoisotopic (exact) mass is 322 g/mol. The van der Waals surface area contributed by atoms with Gasteiger partial charge in [0, 0.05) is 26.1 Å². The van der Waals surface area contributed by atoms with Crippen molar-refractivity contribution in [1.82, 2.24) is 10.3 Å². The maximum atomic E-state index is 5.80. The number of nitrogens with one attached hydrogen (secondary N) is 1. The molecule has 0 amide bonds. The highest BCUT2D eigenvalue weighted by Crippen LogP contribution is 2.30. The lowest BCUT2D eigenvalue weighted by Gasteiger charge is -2.07. The molecule has 1 aromatic heterocycles. The van der Waals surface area contributed by atoms with Crippen LogP contribution in [0.1, 0.15) is 31.2 Å². The van der Waals surface area contributed by atoms with Gasteiger partial charge in [0.15, 0.2) is 17.2 Å². The van der Waals surface area contributed by atoms with Gasteiger partial charge >= 0.3 is 0 Å². The van der Waals surface area contributed by atoms with Crippen molar-refractivity contribution in [3.8, 4) is 5.75 Å². The highest BCUT2D eigenvalue weighted by atomic mass is 16.5. The van der Waals surface area contributed by atoms with E-state index in [9.17, 15) is 0 Å². The lowest BCUT2D eigenvalue weighted by Crippen LogP contribution is -2.20. The summed E-state index contributed by atoms with van der Waals surface area (Å²) in [5, 5.41) is 3.34. The van der Waals surface area contributed by atoms with Gasteiger partial charge in [-0.2, -0.15) is 0 Å². The molecular weight excluding hydrogens is 296 g/mol. The van der Waals surface area contributed by atoms with E-state index in [1.807, 2.05) is 12.1 Å². The fourth-order valence-electron chi connectivity index (χ4n) is 2.20. The van der Waals surface area contributed by atoms with Crippen LogP contribution in [0.25, 0.3) is 11.1 Å². The maximum Gasteiger partial charge on any atom is 0.198 e. The van der Waals surface area contributed by atoms with Crippen LogP contribution in [-0.4, -0.2) is 45.6 Å². The molecule has 2 aromatic rings. The minimum Gasteiger partial charge on any atom is -0.493 e. The molecule has 0 aliphatic rings. The number of hydrogen-bond acceptors (Lipinski definition) is 6. The second kappa shape index (κ2) is 8.86. The summed E-state index contributed by atoms with van der Waals surface area (Å²) < 4.78 is 21.6. The van der Waals surface area contributed by atoms with Crippen molar-refractivity contribution in [2.45, 2.75) is 26.3 Å². The fraction of sp³-hybridized carbons (Fsp3) is 0.588. The number of nitrogens with zero attached hydrogens (tertiary/aromatic N) is 1. The van der Waals surface area contributed by atoms with Crippen molar-refractivity contribution in [3.63, 3.8) is 0 Å². The van der Waals surface area contributed by atoms with E-state index in [4.69, 9.17) is 18.6 Å². The zero-order valence-corrected chi connectivity index (χ0v) is 14.3. The van der Waals surface area contributed by atoms with Gasteiger partial charge in [-0.15, -0.1) is 0 Å². The molecule has 0 fully saturated rings. The summed E-state index contributed by atoms with van der Waals surface area (Å²) in [7, 11) is 3.31. The zero-order valence-electron chi connectivity index (χ0n) is 14.3. The Hall–Kier alpha value is -1.63. The molecule has 128 valence electrons. The Morgan fingerprint density at radius 1 is 1.17 bits per heavy atom. The van der Waals surface area contributed by atoms with Crippen molar-refractivity contribution >= 4 is 11.1 Å². The molecular formula is C17H26N2O4. The third-order valence-electron chi connectivity index (χ3n) is 3.43. The summed E-state index contributed by atoms with van der Waals surface area (Å²) in [5.41, 5.74) is 2.65. The topological polar surface area (TPSA) is 65.8 Å². The normalized spacial score (nSPS) is 11.5. The summed E-state index contributed by atoms with van der Waals surface area (Å²) in [6, 6.07) is 4.02. The van der Waals surface area contributed by atoms with Crippen LogP contribution in [0, 0.1) is 0 Å². The summed E-state index contributed by atoms with van der Waals surface area (Å²) in [5.74, 6) is 1.70. The molecule has 0 atom stereocenters. The van der Waals surface area contributed by atoms with Crippen LogP contribution >= 0.6 is 0 Å². The van der Waals surface area contributed by atoms with Gasteiger partial charge < -0.3 is 23.9 Å². The Morgan fingerprint density at radius 3 is 2.70 bits per heavy atom. The lowest BCUT2D eigenvalue weighted by molar-refractivity contribution is 0.0719. The molecule has 0 radical (unpaired) electrons. The highest BCUT2D eigenvalue weighted by Gasteiger charge is 2.14. The number of ether oxygens (including phenoxy) is 3. The van der Waals surface area contributed by atoms with Gasteiger partial charge in [-0.1, -0.05) is 13.8 Å². The van der Waals surface area contributed by atoms with E-state index in [0.29, 0.717) is 25.4 Å². The van der Waals surface area contributed by atoms with Crippen molar-refractivity contribution < 1.29 is 18.6 Å². The van der Waals surface area contributed by atoms with E-state index in [0.717, 1.165) is 35.8 Å². The lowest BCUT2D eigenvalue weighted by atomic mass is 10.2. The molecule has 1 N–H and O–H groups in total. The van der Waals surface area contributed by atoms with Gasteiger partial charge in [0.05, 0.1) is 26.9 Å². The number of benzene rings is 1. The number of oxazole rings is 1. The van der Waals surface area contributed by atoms with Gasteiger partial charge in [0.2, 0.25) is 0 Å². The average Bonchev–Trinajstić information content (AvgIpc) is 2.97. The van der Waals surface area contributed by atoms with E-state index in [2.05, 4.69) is 24.1 Å². The van der Waals surface area contributed by atoms with Crippen molar-refractivity contribution in [1.29, 1.82) is 0 Å². The summed E-state index contributed by atoms with van der Waals surface area (Å²) in [6.07, 6.45) is 0. The highest BCUT2D eigenvalue weighted by molar-refractivity contribution is 5.80. The van der Waals surface area contributed by atoms with Crippen LogP contribution in [0.15, 0.2) is 16.5 Å².